The average molecular weight is 371 g/mol. The zero-order valence-electron chi connectivity index (χ0n) is 14.4. The van der Waals surface area contributed by atoms with Gasteiger partial charge in [0.1, 0.15) is 0 Å². The number of halogens is 1. The second kappa shape index (κ2) is 6.70. The van der Waals surface area contributed by atoms with E-state index in [1.807, 2.05) is 31.2 Å². The van der Waals surface area contributed by atoms with Crippen molar-refractivity contribution in [2.45, 2.75) is 25.8 Å². The minimum Gasteiger partial charge on any atom is -0.311 e. The average Bonchev–Trinajstić information content (AvgIpc) is 3.07. The molecule has 7 heteroatoms. The molecular weight excluding hydrogens is 352 g/mol. The molecule has 1 aliphatic heterocycles. The Bertz CT molecular complexity index is 1060. The van der Waals surface area contributed by atoms with Crippen LogP contribution in [0.1, 0.15) is 29.3 Å². The number of H-pyrrole nitrogens is 2. The maximum Gasteiger partial charge on any atom is 0.325 e. The monoisotopic (exact) mass is 370 g/mol. The number of nitrogens with zero attached hydrogens (tertiary/aromatic N) is 2. The molecule has 26 heavy (non-hydrogen) atoms. The Balaban J connectivity index is 1.57. The van der Waals surface area contributed by atoms with Gasteiger partial charge in [0.25, 0.3) is 5.56 Å². The first-order valence-electron chi connectivity index (χ1n) is 8.61. The fraction of sp³-hybridized carbons (Fsp3) is 0.316. The van der Waals surface area contributed by atoms with Gasteiger partial charge in [-0.1, -0.05) is 29.8 Å². The lowest BCUT2D eigenvalue weighted by molar-refractivity contribution is 0.322. The highest BCUT2D eigenvalue weighted by Crippen LogP contribution is 2.30. The maximum atomic E-state index is 11.5. The standard InChI is InChI=1S/C19H19ClN4O2/c1-11-13-4-2-3-5-14(13)21-16(18(11)20)10-24-7-6-12(9-24)15-8-17(25)23-19(26)22-15/h2-5,8,12H,6-7,9-10H2,1H3,(H2,22,23,25,26). The molecule has 1 aliphatic rings. The van der Waals surface area contributed by atoms with Crippen LogP contribution in [0, 0.1) is 6.92 Å². The molecule has 1 fully saturated rings. The zero-order valence-corrected chi connectivity index (χ0v) is 15.1. The van der Waals surface area contributed by atoms with Crippen LogP contribution >= 0.6 is 11.6 Å². The van der Waals surface area contributed by atoms with Crippen molar-refractivity contribution in [1.29, 1.82) is 0 Å². The number of rotatable bonds is 3. The van der Waals surface area contributed by atoms with E-state index >= 15 is 0 Å². The first-order chi connectivity index (χ1) is 12.5. The molecule has 1 unspecified atom stereocenters. The molecule has 2 N–H and O–H groups in total. The summed E-state index contributed by atoms with van der Waals surface area (Å²) < 4.78 is 0. The minimum absolute atomic E-state index is 0.130. The molecule has 0 radical (unpaired) electrons. The molecule has 3 heterocycles. The van der Waals surface area contributed by atoms with Gasteiger partial charge in [-0.15, -0.1) is 0 Å². The first kappa shape index (κ1) is 17.0. The second-order valence-corrected chi connectivity index (χ2v) is 7.16. The molecule has 1 atom stereocenters. The van der Waals surface area contributed by atoms with Gasteiger partial charge in [0.05, 0.1) is 16.2 Å². The van der Waals surface area contributed by atoms with E-state index in [-0.39, 0.29) is 11.5 Å². The van der Waals surface area contributed by atoms with Crippen LogP contribution in [0.3, 0.4) is 0 Å². The Morgan fingerprint density at radius 2 is 2.08 bits per heavy atom. The van der Waals surface area contributed by atoms with Crippen LogP contribution in [0.5, 0.6) is 0 Å². The number of hydrogen-bond acceptors (Lipinski definition) is 4. The van der Waals surface area contributed by atoms with Crippen LogP contribution in [0.25, 0.3) is 10.9 Å². The Hall–Kier alpha value is -2.44. The Morgan fingerprint density at radius 1 is 1.27 bits per heavy atom. The summed E-state index contributed by atoms with van der Waals surface area (Å²) >= 11 is 6.56. The van der Waals surface area contributed by atoms with Crippen molar-refractivity contribution in [1.82, 2.24) is 19.9 Å². The van der Waals surface area contributed by atoms with Crippen LogP contribution in [0.15, 0.2) is 39.9 Å². The number of aryl methyl sites for hydroxylation is 1. The number of aromatic nitrogens is 3. The van der Waals surface area contributed by atoms with Crippen molar-refractivity contribution >= 4 is 22.5 Å². The molecule has 6 nitrogen and oxygen atoms in total. The van der Waals surface area contributed by atoms with Gasteiger partial charge >= 0.3 is 5.69 Å². The van der Waals surface area contributed by atoms with E-state index in [0.29, 0.717) is 17.3 Å². The predicted molar refractivity (Wildman–Crippen MR) is 102 cm³/mol. The van der Waals surface area contributed by atoms with Crippen molar-refractivity contribution in [2.75, 3.05) is 13.1 Å². The van der Waals surface area contributed by atoms with Crippen molar-refractivity contribution in [3.8, 4) is 0 Å². The Kier molecular flexibility index (Phi) is 4.38. The highest BCUT2D eigenvalue weighted by molar-refractivity contribution is 6.32. The molecule has 134 valence electrons. The van der Waals surface area contributed by atoms with E-state index in [1.165, 1.54) is 6.07 Å². The topological polar surface area (TPSA) is 81.9 Å². The normalized spacial score (nSPS) is 17.8. The molecule has 0 saturated carbocycles. The van der Waals surface area contributed by atoms with Crippen LogP contribution < -0.4 is 11.2 Å². The quantitative estimate of drug-likeness (QED) is 0.742. The Morgan fingerprint density at radius 3 is 2.88 bits per heavy atom. The van der Waals surface area contributed by atoms with Gasteiger partial charge in [0, 0.05) is 36.2 Å². The summed E-state index contributed by atoms with van der Waals surface area (Å²) in [7, 11) is 0. The molecule has 2 aromatic heterocycles. The van der Waals surface area contributed by atoms with Gasteiger partial charge in [-0.25, -0.2) is 9.78 Å². The third-order valence-electron chi connectivity index (χ3n) is 5.01. The van der Waals surface area contributed by atoms with Gasteiger partial charge in [-0.05, 0) is 31.5 Å². The third-order valence-corrected chi connectivity index (χ3v) is 5.51. The van der Waals surface area contributed by atoms with Gasteiger partial charge in [-0.2, -0.15) is 0 Å². The molecule has 0 bridgehead atoms. The van der Waals surface area contributed by atoms with Gasteiger partial charge < -0.3 is 4.98 Å². The van der Waals surface area contributed by atoms with Gasteiger partial charge in [0.2, 0.25) is 0 Å². The van der Waals surface area contributed by atoms with Gasteiger partial charge in [-0.3, -0.25) is 14.7 Å². The first-order valence-corrected chi connectivity index (χ1v) is 8.98. The van der Waals surface area contributed by atoms with Gasteiger partial charge in [0.15, 0.2) is 0 Å². The molecular formula is C19H19ClN4O2. The van der Waals surface area contributed by atoms with E-state index in [0.717, 1.165) is 41.7 Å². The third kappa shape index (κ3) is 3.18. The number of aromatic amines is 2. The van der Waals surface area contributed by atoms with Crippen molar-refractivity contribution in [3.63, 3.8) is 0 Å². The number of hydrogen-bond donors (Lipinski definition) is 2. The minimum atomic E-state index is -0.458. The predicted octanol–water partition coefficient (Wildman–Crippen LogP) is 2.56. The van der Waals surface area contributed by atoms with Crippen LogP contribution in [-0.4, -0.2) is 32.9 Å². The number of para-hydroxylation sites is 1. The largest absolute Gasteiger partial charge is 0.325 e. The van der Waals surface area contributed by atoms with E-state index < -0.39 is 5.69 Å². The van der Waals surface area contributed by atoms with Crippen LogP contribution in [-0.2, 0) is 6.54 Å². The summed E-state index contributed by atoms with van der Waals surface area (Å²) in [5.74, 6) is 0.130. The summed E-state index contributed by atoms with van der Waals surface area (Å²) in [4.78, 5) is 35.0. The van der Waals surface area contributed by atoms with Crippen molar-refractivity contribution < 1.29 is 0 Å². The lowest BCUT2D eigenvalue weighted by Crippen LogP contribution is -2.25. The van der Waals surface area contributed by atoms with E-state index in [2.05, 4.69) is 14.9 Å². The van der Waals surface area contributed by atoms with Crippen LogP contribution in [0.2, 0.25) is 5.02 Å². The highest BCUT2D eigenvalue weighted by atomic mass is 35.5. The molecule has 1 saturated heterocycles. The van der Waals surface area contributed by atoms with Crippen molar-refractivity contribution in [3.05, 3.63) is 73.1 Å². The number of pyridine rings is 1. The fourth-order valence-corrected chi connectivity index (χ4v) is 3.88. The molecule has 0 spiro atoms. The molecule has 1 aromatic carbocycles. The summed E-state index contributed by atoms with van der Waals surface area (Å²) in [5.41, 5.74) is 2.72. The summed E-state index contributed by atoms with van der Waals surface area (Å²) in [5, 5.41) is 1.78. The lowest BCUT2D eigenvalue weighted by Gasteiger charge is -2.18. The summed E-state index contributed by atoms with van der Waals surface area (Å²) in [6.45, 7) is 4.28. The summed E-state index contributed by atoms with van der Waals surface area (Å²) in [6.07, 6.45) is 0.879. The smallest absolute Gasteiger partial charge is 0.311 e. The number of nitrogens with one attached hydrogen (secondary N) is 2. The lowest BCUT2D eigenvalue weighted by atomic mass is 10.1. The number of benzene rings is 1. The number of likely N-dealkylation sites (tertiary alicyclic amines) is 1. The zero-order chi connectivity index (χ0) is 18.3. The van der Waals surface area contributed by atoms with Crippen molar-refractivity contribution in [2.24, 2.45) is 0 Å². The highest BCUT2D eigenvalue weighted by Gasteiger charge is 2.26. The summed E-state index contributed by atoms with van der Waals surface area (Å²) in [6, 6.07) is 9.46. The fourth-order valence-electron chi connectivity index (χ4n) is 3.67. The SMILES string of the molecule is Cc1c(Cl)c(CN2CCC(c3cc(=O)[nH]c(=O)[nH]3)C2)nc2ccccc12. The molecule has 3 aromatic rings. The van der Waals surface area contributed by atoms with E-state index in [1.54, 1.807) is 0 Å². The number of fused-ring (bicyclic) bond motifs is 1. The maximum absolute atomic E-state index is 11.5. The Labute approximate surface area is 154 Å². The molecule has 0 aliphatic carbocycles. The molecule has 4 rings (SSSR count). The molecule has 0 amide bonds. The van der Waals surface area contributed by atoms with Crippen LogP contribution in [0.4, 0.5) is 0 Å². The second-order valence-electron chi connectivity index (χ2n) is 6.78. The van der Waals surface area contributed by atoms with E-state index in [4.69, 9.17) is 16.6 Å². The van der Waals surface area contributed by atoms with E-state index in [9.17, 15) is 9.59 Å².